The van der Waals surface area contributed by atoms with Crippen molar-refractivity contribution in [3.05, 3.63) is 101 Å². The van der Waals surface area contributed by atoms with Crippen molar-refractivity contribution in [1.29, 1.82) is 0 Å². The summed E-state index contributed by atoms with van der Waals surface area (Å²) in [4.78, 5) is 29.9. The molecule has 0 bridgehead atoms. The topological polar surface area (TPSA) is 82.6 Å². The van der Waals surface area contributed by atoms with Gasteiger partial charge in [0.25, 0.3) is 11.8 Å². The minimum Gasteiger partial charge on any atom is -0.349 e. The van der Waals surface area contributed by atoms with Gasteiger partial charge in [0.1, 0.15) is 0 Å². The van der Waals surface area contributed by atoms with Gasteiger partial charge in [-0.2, -0.15) is 0 Å². The SMILES string of the molecule is O=C(NC(=NC1CCC(NC(=O)c2ccccc2)C1)Nc1ccc(F)c(F)c1)c1cccc(Cl)c1. The molecule has 180 valence electrons. The summed E-state index contributed by atoms with van der Waals surface area (Å²) in [5.74, 6) is -2.55. The summed E-state index contributed by atoms with van der Waals surface area (Å²) in [6.45, 7) is 0. The number of carbonyl (C=O) groups excluding carboxylic acids is 2. The lowest BCUT2D eigenvalue weighted by Crippen LogP contribution is -2.37. The molecule has 1 aliphatic carbocycles. The van der Waals surface area contributed by atoms with E-state index in [2.05, 4.69) is 20.9 Å². The summed E-state index contributed by atoms with van der Waals surface area (Å²) >= 11 is 5.99. The van der Waals surface area contributed by atoms with Crippen LogP contribution in [0, 0.1) is 11.6 Å². The molecule has 1 saturated carbocycles. The number of aliphatic imine (C=N–C) groups is 1. The van der Waals surface area contributed by atoms with Gasteiger partial charge in [0, 0.05) is 33.9 Å². The van der Waals surface area contributed by atoms with Crippen molar-refractivity contribution < 1.29 is 18.4 Å². The minimum absolute atomic E-state index is 0.0791. The molecule has 2 unspecified atom stereocenters. The van der Waals surface area contributed by atoms with Crippen LogP contribution < -0.4 is 16.0 Å². The van der Waals surface area contributed by atoms with Gasteiger partial charge in [-0.3, -0.25) is 14.9 Å². The maximum Gasteiger partial charge on any atom is 0.258 e. The standard InChI is InChI=1S/C26H23ClF2N4O2/c27-18-8-4-7-17(13-18)25(35)33-26(32-21-11-12-22(28)23(29)15-21)31-20-10-9-19(14-20)30-24(34)16-5-2-1-3-6-16/h1-8,11-13,15,19-20H,9-10,14H2,(H,30,34)(H2,31,32,33,35). The highest BCUT2D eigenvalue weighted by Crippen LogP contribution is 2.23. The van der Waals surface area contributed by atoms with E-state index in [1.54, 1.807) is 42.5 Å². The average molecular weight is 497 g/mol. The Kier molecular flexibility index (Phi) is 7.72. The van der Waals surface area contributed by atoms with Gasteiger partial charge >= 0.3 is 0 Å². The van der Waals surface area contributed by atoms with Crippen LogP contribution in [0.25, 0.3) is 0 Å². The summed E-state index contributed by atoms with van der Waals surface area (Å²) in [7, 11) is 0. The first-order valence-electron chi connectivity index (χ1n) is 11.1. The van der Waals surface area contributed by atoms with Crippen molar-refractivity contribution in [1.82, 2.24) is 10.6 Å². The van der Waals surface area contributed by atoms with E-state index >= 15 is 0 Å². The third-order valence-corrected chi connectivity index (χ3v) is 5.82. The minimum atomic E-state index is -1.03. The predicted octanol–water partition coefficient (Wildman–Crippen LogP) is 5.17. The highest BCUT2D eigenvalue weighted by molar-refractivity contribution is 6.31. The Morgan fingerprint density at radius 3 is 2.37 bits per heavy atom. The van der Waals surface area contributed by atoms with Crippen molar-refractivity contribution in [2.45, 2.75) is 31.3 Å². The van der Waals surface area contributed by atoms with Gasteiger partial charge in [-0.1, -0.05) is 35.9 Å². The summed E-state index contributed by atoms with van der Waals surface area (Å²) in [5.41, 5.74) is 1.12. The highest BCUT2D eigenvalue weighted by atomic mass is 35.5. The second-order valence-electron chi connectivity index (χ2n) is 8.20. The Balaban J connectivity index is 1.48. The quantitative estimate of drug-likeness (QED) is 0.337. The van der Waals surface area contributed by atoms with E-state index in [-0.39, 0.29) is 29.6 Å². The number of nitrogens with zero attached hydrogens (tertiary/aromatic N) is 1. The molecule has 3 aromatic rings. The monoisotopic (exact) mass is 496 g/mol. The van der Waals surface area contributed by atoms with Gasteiger partial charge in [0.15, 0.2) is 11.6 Å². The normalized spacial score (nSPS) is 17.6. The summed E-state index contributed by atoms with van der Waals surface area (Å²) < 4.78 is 27.1. The molecule has 2 amide bonds. The largest absolute Gasteiger partial charge is 0.349 e. The zero-order valence-electron chi connectivity index (χ0n) is 18.6. The van der Waals surface area contributed by atoms with Crippen LogP contribution in [0.1, 0.15) is 40.0 Å². The Morgan fingerprint density at radius 1 is 0.857 bits per heavy atom. The Labute approximate surface area is 206 Å². The summed E-state index contributed by atoms with van der Waals surface area (Å²) in [6, 6.07) is 18.4. The number of nitrogens with one attached hydrogen (secondary N) is 3. The van der Waals surface area contributed by atoms with Crippen molar-refractivity contribution >= 4 is 35.1 Å². The molecule has 0 saturated heterocycles. The van der Waals surface area contributed by atoms with E-state index in [1.807, 2.05) is 6.07 Å². The van der Waals surface area contributed by atoms with Crippen LogP contribution in [-0.2, 0) is 0 Å². The second kappa shape index (κ2) is 11.1. The van der Waals surface area contributed by atoms with Gasteiger partial charge in [0.2, 0.25) is 5.96 Å². The van der Waals surface area contributed by atoms with Gasteiger partial charge in [-0.05, 0) is 61.7 Å². The molecule has 2 atom stereocenters. The van der Waals surface area contributed by atoms with E-state index in [4.69, 9.17) is 11.6 Å². The number of benzene rings is 3. The van der Waals surface area contributed by atoms with Crippen LogP contribution in [-0.4, -0.2) is 29.9 Å². The van der Waals surface area contributed by atoms with Gasteiger partial charge in [-0.15, -0.1) is 0 Å². The van der Waals surface area contributed by atoms with Crippen LogP contribution in [0.5, 0.6) is 0 Å². The number of hydrogen-bond acceptors (Lipinski definition) is 3. The number of carbonyl (C=O) groups is 2. The van der Waals surface area contributed by atoms with Crippen molar-refractivity contribution in [2.24, 2.45) is 4.99 Å². The molecule has 3 N–H and O–H groups in total. The zero-order chi connectivity index (χ0) is 24.8. The molecule has 0 aromatic heterocycles. The number of amides is 2. The highest BCUT2D eigenvalue weighted by Gasteiger charge is 2.27. The lowest BCUT2D eigenvalue weighted by atomic mass is 10.2. The first kappa shape index (κ1) is 24.3. The Hall–Kier alpha value is -3.78. The summed E-state index contributed by atoms with van der Waals surface area (Å²) in [6.07, 6.45) is 1.96. The van der Waals surface area contributed by atoms with Crippen LogP contribution >= 0.6 is 11.6 Å². The molecule has 0 spiro atoms. The molecular formula is C26H23ClF2N4O2. The number of halogens is 3. The fourth-order valence-electron chi connectivity index (χ4n) is 3.86. The molecule has 1 aliphatic rings. The van der Waals surface area contributed by atoms with Crippen LogP contribution in [0.3, 0.4) is 0 Å². The van der Waals surface area contributed by atoms with Crippen LogP contribution in [0.2, 0.25) is 5.02 Å². The number of anilines is 1. The van der Waals surface area contributed by atoms with Crippen molar-refractivity contribution in [3.8, 4) is 0 Å². The van der Waals surface area contributed by atoms with E-state index < -0.39 is 17.5 Å². The molecule has 0 radical (unpaired) electrons. The zero-order valence-corrected chi connectivity index (χ0v) is 19.4. The molecule has 0 aliphatic heterocycles. The third-order valence-electron chi connectivity index (χ3n) is 5.59. The van der Waals surface area contributed by atoms with E-state index in [1.165, 1.54) is 12.1 Å². The maximum absolute atomic E-state index is 13.7. The molecular weight excluding hydrogens is 474 g/mol. The summed E-state index contributed by atoms with van der Waals surface area (Å²) in [5, 5.41) is 8.96. The maximum atomic E-state index is 13.7. The molecule has 0 heterocycles. The van der Waals surface area contributed by atoms with E-state index in [0.29, 0.717) is 35.4 Å². The molecule has 1 fully saturated rings. The lowest BCUT2D eigenvalue weighted by molar-refractivity contribution is 0.0936. The molecule has 35 heavy (non-hydrogen) atoms. The van der Waals surface area contributed by atoms with Gasteiger partial charge in [0.05, 0.1) is 6.04 Å². The number of hydrogen-bond donors (Lipinski definition) is 3. The Morgan fingerprint density at radius 2 is 1.63 bits per heavy atom. The van der Waals surface area contributed by atoms with Gasteiger partial charge < -0.3 is 10.6 Å². The number of rotatable bonds is 5. The van der Waals surface area contributed by atoms with Crippen LogP contribution in [0.15, 0.2) is 77.8 Å². The fourth-order valence-corrected chi connectivity index (χ4v) is 4.05. The second-order valence-corrected chi connectivity index (χ2v) is 8.64. The fraction of sp³-hybridized carbons (Fsp3) is 0.192. The molecule has 3 aromatic carbocycles. The Bertz CT molecular complexity index is 1250. The first-order chi connectivity index (χ1) is 16.9. The lowest BCUT2D eigenvalue weighted by Gasteiger charge is -2.15. The number of guanidine groups is 1. The van der Waals surface area contributed by atoms with Crippen molar-refractivity contribution in [3.63, 3.8) is 0 Å². The first-order valence-corrected chi connectivity index (χ1v) is 11.5. The third kappa shape index (κ3) is 6.64. The van der Waals surface area contributed by atoms with E-state index in [9.17, 15) is 18.4 Å². The predicted molar refractivity (Wildman–Crippen MR) is 132 cm³/mol. The van der Waals surface area contributed by atoms with Gasteiger partial charge in [-0.25, -0.2) is 13.8 Å². The molecule has 4 rings (SSSR count). The average Bonchev–Trinajstić information content (AvgIpc) is 3.28. The van der Waals surface area contributed by atoms with Crippen LogP contribution in [0.4, 0.5) is 14.5 Å². The molecule has 6 nitrogen and oxygen atoms in total. The van der Waals surface area contributed by atoms with Crippen molar-refractivity contribution in [2.75, 3.05) is 5.32 Å². The van der Waals surface area contributed by atoms with E-state index in [0.717, 1.165) is 12.1 Å². The molecule has 9 heteroatoms. The smallest absolute Gasteiger partial charge is 0.258 e.